The van der Waals surface area contributed by atoms with Crippen LogP contribution in [0.15, 0.2) is 91.4 Å². The number of para-hydroxylation sites is 1. The first-order chi connectivity index (χ1) is 15.9. The number of hydrogen-bond acceptors (Lipinski definition) is 5. The largest absolute Gasteiger partial charge is 0.323 e. The number of pyridine rings is 1. The molecule has 0 aliphatic rings. The highest BCUT2D eigenvalue weighted by molar-refractivity contribution is 7.88. The van der Waals surface area contributed by atoms with E-state index in [1.165, 1.54) is 6.08 Å². The molecule has 2 aromatic heterocycles. The SMILES string of the molecule is NS(=O)(=O)Cc1ccc(NC(=O)/C=C/c2cn(-c3ccccc3)nc2-c2cccnc2)cc1. The number of nitrogens with zero attached hydrogens (tertiary/aromatic N) is 3. The van der Waals surface area contributed by atoms with Gasteiger partial charge in [0.25, 0.3) is 0 Å². The Hall–Kier alpha value is -4.08. The summed E-state index contributed by atoms with van der Waals surface area (Å²) in [6.45, 7) is 0. The van der Waals surface area contributed by atoms with Crippen molar-refractivity contribution >= 4 is 27.7 Å². The zero-order chi connectivity index (χ0) is 23.3. The van der Waals surface area contributed by atoms with Crippen molar-refractivity contribution in [2.45, 2.75) is 5.75 Å². The lowest BCUT2D eigenvalue weighted by molar-refractivity contribution is -0.111. The third kappa shape index (κ3) is 6.00. The van der Waals surface area contributed by atoms with Gasteiger partial charge in [-0.25, -0.2) is 18.2 Å². The second-order valence-electron chi connectivity index (χ2n) is 7.28. The molecule has 3 N–H and O–H groups in total. The number of rotatable bonds is 7. The minimum absolute atomic E-state index is 0.260. The summed E-state index contributed by atoms with van der Waals surface area (Å²) in [4.78, 5) is 16.6. The van der Waals surface area contributed by atoms with Crippen LogP contribution in [0.25, 0.3) is 23.0 Å². The van der Waals surface area contributed by atoms with Crippen LogP contribution in [0.3, 0.4) is 0 Å². The fourth-order valence-electron chi connectivity index (χ4n) is 3.22. The number of benzene rings is 2. The van der Waals surface area contributed by atoms with Crippen LogP contribution >= 0.6 is 0 Å². The minimum Gasteiger partial charge on any atom is -0.323 e. The Morgan fingerprint density at radius 2 is 1.79 bits per heavy atom. The van der Waals surface area contributed by atoms with Crippen LogP contribution in [0.4, 0.5) is 5.69 Å². The zero-order valence-electron chi connectivity index (χ0n) is 17.5. The lowest BCUT2D eigenvalue weighted by Gasteiger charge is -2.04. The van der Waals surface area contributed by atoms with E-state index in [0.29, 0.717) is 16.9 Å². The van der Waals surface area contributed by atoms with E-state index < -0.39 is 10.0 Å². The van der Waals surface area contributed by atoms with Crippen LogP contribution in [0, 0.1) is 0 Å². The van der Waals surface area contributed by atoms with Gasteiger partial charge in [0.1, 0.15) is 5.69 Å². The Labute approximate surface area is 191 Å². The molecule has 2 aromatic carbocycles. The smallest absolute Gasteiger partial charge is 0.248 e. The number of anilines is 1. The summed E-state index contributed by atoms with van der Waals surface area (Å²) in [6.07, 6.45) is 8.38. The van der Waals surface area contributed by atoms with Crippen molar-refractivity contribution < 1.29 is 13.2 Å². The van der Waals surface area contributed by atoms with Crippen LogP contribution < -0.4 is 10.5 Å². The van der Waals surface area contributed by atoms with E-state index in [-0.39, 0.29) is 11.7 Å². The number of nitrogens with two attached hydrogens (primary N) is 1. The Balaban J connectivity index is 1.54. The predicted molar refractivity (Wildman–Crippen MR) is 128 cm³/mol. The number of amides is 1. The number of sulfonamides is 1. The number of hydrogen-bond donors (Lipinski definition) is 2. The Bertz CT molecular complexity index is 1380. The average molecular weight is 460 g/mol. The Morgan fingerprint density at radius 3 is 2.45 bits per heavy atom. The van der Waals surface area contributed by atoms with Gasteiger partial charge in [0, 0.05) is 41.5 Å². The summed E-state index contributed by atoms with van der Waals surface area (Å²) in [5, 5.41) is 12.5. The van der Waals surface area contributed by atoms with Crippen LogP contribution in [0.2, 0.25) is 0 Å². The van der Waals surface area contributed by atoms with Crippen LogP contribution in [0.1, 0.15) is 11.1 Å². The lowest BCUT2D eigenvalue weighted by atomic mass is 10.1. The Kier molecular flexibility index (Phi) is 6.43. The molecule has 33 heavy (non-hydrogen) atoms. The van der Waals surface area contributed by atoms with E-state index in [2.05, 4.69) is 15.4 Å². The molecule has 0 saturated carbocycles. The van der Waals surface area contributed by atoms with Gasteiger partial charge in [0.05, 0.1) is 11.4 Å². The average Bonchev–Trinajstić information content (AvgIpc) is 3.24. The highest BCUT2D eigenvalue weighted by Crippen LogP contribution is 2.24. The second kappa shape index (κ2) is 9.60. The molecule has 1 amide bonds. The second-order valence-corrected chi connectivity index (χ2v) is 8.90. The fraction of sp³-hybridized carbons (Fsp3) is 0.0417. The van der Waals surface area contributed by atoms with Crippen molar-refractivity contribution in [3.63, 3.8) is 0 Å². The van der Waals surface area contributed by atoms with Crippen molar-refractivity contribution in [2.24, 2.45) is 5.14 Å². The van der Waals surface area contributed by atoms with E-state index in [1.54, 1.807) is 47.4 Å². The van der Waals surface area contributed by atoms with Gasteiger partial charge < -0.3 is 5.32 Å². The lowest BCUT2D eigenvalue weighted by Crippen LogP contribution is -2.14. The number of carbonyl (C=O) groups excluding carboxylic acids is 1. The Morgan fingerprint density at radius 1 is 1.03 bits per heavy atom. The summed E-state index contributed by atoms with van der Waals surface area (Å²) in [7, 11) is -3.61. The molecule has 166 valence electrons. The number of carbonyl (C=O) groups is 1. The summed E-state index contributed by atoms with van der Waals surface area (Å²) < 4.78 is 24.1. The molecule has 0 atom stereocenters. The summed E-state index contributed by atoms with van der Waals surface area (Å²) >= 11 is 0. The molecule has 0 radical (unpaired) electrons. The quantitative estimate of drug-likeness (QED) is 0.411. The highest BCUT2D eigenvalue weighted by atomic mass is 32.2. The van der Waals surface area contributed by atoms with Gasteiger partial charge in [-0.1, -0.05) is 30.3 Å². The molecule has 0 aliphatic carbocycles. The molecule has 0 unspecified atom stereocenters. The van der Waals surface area contributed by atoms with E-state index in [4.69, 9.17) is 5.14 Å². The van der Waals surface area contributed by atoms with Gasteiger partial charge in [0.15, 0.2) is 0 Å². The number of nitrogens with one attached hydrogen (secondary N) is 1. The van der Waals surface area contributed by atoms with Crippen molar-refractivity contribution in [2.75, 3.05) is 5.32 Å². The van der Waals surface area contributed by atoms with Crippen molar-refractivity contribution in [1.29, 1.82) is 0 Å². The molecule has 0 saturated heterocycles. The summed E-state index contributed by atoms with van der Waals surface area (Å²) in [5.41, 5.74) is 4.26. The van der Waals surface area contributed by atoms with Crippen molar-refractivity contribution in [1.82, 2.24) is 14.8 Å². The minimum atomic E-state index is -3.61. The fourth-order valence-corrected chi connectivity index (χ4v) is 3.87. The molecule has 9 heteroatoms. The van der Waals surface area contributed by atoms with Gasteiger partial charge >= 0.3 is 0 Å². The van der Waals surface area contributed by atoms with E-state index in [1.807, 2.05) is 48.7 Å². The maximum absolute atomic E-state index is 12.5. The molecule has 0 fully saturated rings. The van der Waals surface area contributed by atoms with Gasteiger partial charge in [0.2, 0.25) is 15.9 Å². The van der Waals surface area contributed by atoms with Crippen molar-refractivity contribution in [3.05, 3.63) is 103 Å². The van der Waals surface area contributed by atoms with Gasteiger partial charge in [-0.3, -0.25) is 9.78 Å². The first-order valence-electron chi connectivity index (χ1n) is 10.0. The molecule has 8 nitrogen and oxygen atoms in total. The monoisotopic (exact) mass is 459 g/mol. The van der Waals surface area contributed by atoms with Crippen LogP contribution in [0.5, 0.6) is 0 Å². The molecular weight excluding hydrogens is 438 g/mol. The molecule has 0 bridgehead atoms. The molecule has 2 heterocycles. The van der Waals surface area contributed by atoms with E-state index >= 15 is 0 Å². The van der Waals surface area contributed by atoms with Crippen LogP contribution in [-0.2, 0) is 20.6 Å². The maximum Gasteiger partial charge on any atom is 0.248 e. The zero-order valence-corrected chi connectivity index (χ0v) is 18.3. The molecule has 4 aromatic rings. The normalized spacial score (nSPS) is 11.5. The molecular formula is C24H21N5O3S. The van der Waals surface area contributed by atoms with E-state index in [9.17, 15) is 13.2 Å². The third-order valence-electron chi connectivity index (χ3n) is 4.70. The van der Waals surface area contributed by atoms with Gasteiger partial charge in [-0.05, 0) is 48.0 Å². The molecule has 0 spiro atoms. The maximum atomic E-state index is 12.5. The van der Waals surface area contributed by atoms with Crippen LogP contribution in [-0.4, -0.2) is 29.1 Å². The van der Waals surface area contributed by atoms with E-state index in [0.717, 1.165) is 16.8 Å². The topological polar surface area (TPSA) is 120 Å². The highest BCUT2D eigenvalue weighted by Gasteiger charge is 2.11. The first-order valence-corrected chi connectivity index (χ1v) is 11.7. The number of primary sulfonamides is 1. The van der Waals surface area contributed by atoms with Crippen molar-refractivity contribution in [3.8, 4) is 16.9 Å². The first kappa shape index (κ1) is 22.1. The van der Waals surface area contributed by atoms with Gasteiger partial charge in [-0.15, -0.1) is 0 Å². The molecule has 4 rings (SSSR count). The standard InChI is InChI=1S/C24H21N5O3S/c25-33(31,32)17-18-8-11-21(12-9-18)27-23(30)13-10-20-16-29(22-6-2-1-3-7-22)28-24(20)19-5-4-14-26-15-19/h1-16H,17H2,(H,27,30)(H2,25,31,32)/b13-10+. The predicted octanol–water partition coefficient (Wildman–Crippen LogP) is 3.37. The number of aromatic nitrogens is 3. The summed E-state index contributed by atoms with van der Waals surface area (Å²) in [5.74, 6) is -0.595. The summed E-state index contributed by atoms with van der Waals surface area (Å²) in [6, 6.07) is 19.9. The third-order valence-corrected chi connectivity index (χ3v) is 5.44. The van der Waals surface area contributed by atoms with Gasteiger partial charge in [-0.2, -0.15) is 5.10 Å². The molecule has 0 aliphatic heterocycles.